The molecule has 0 spiro atoms. The lowest BCUT2D eigenvalue weighted by Crippen LogP contribution is -2.38. The van der Waals surface area contributed by atoms with Crippen molar-refractivity contribution >= 4 is 0 Å². The average molecular weight is 294 g/mol. The number of benzene rings is 1. The van der Waals surface area contributed by atoms with Crippen LogP contribution in [-0.4, -0.2) is 64.6 Å². The third-order valence-corrected chi connectivity index (χ3v) is 3.49. The molecule has 1 aliphatic rings. The highest BCUT2D eigenvalue weighted by molar-refractivity contribution is 5.28. The van der Waals surface area contributed by atoms with Crippen molar-refractivity contribution in [2.45, 2.75) is 6.54 Å². The number of nitrogens with one attached hydrogen (secondary N) is 1. The molecule has 118 valence electrons. The van der Waals surface area contributed by atoms with E-state index in [1.165, 1.54) is 5.56 Å². The van der Waals surface area contributed by atoms with E-state index >= 15 is 0 Å². The molecule has 1 aliphatic heterocycles. The van der Waals surface area contributed by atoms with Gasteiger partial charge in [-0.15, -0.1) is 0 Å². The third-order valence-electron chi connectivity index (χ3n) is 3.49. The van der Waals surface area contributed by atoms with Gasteiger partial charge >= 0.3 is 0 Å². The SMILES string of the molecule is COCCNCc1cccc(OCCN2CCOCC2)c1. The average Bonchev–Trinajstić information content (AvgIpc) is 2.53. The van der Waals surface area contributed by atoms with Gasteiger partial charge in [0.1, 0.15) is 12.4 Å². The van der Waals surface area contributed by atoms with Crippen LogP contribution in [0.3, 0.4) is 0 Å². The molecule has 0 aliphatic carbocycles. The minimum atomic E-state index is 0.723. The summed E-state index contributed by atoms with van der Waals surface area (Å²) in [6.07, 6.45) is 0. The highest BCUT2D eigenvalue weighted by Gasteiger charge is 2.09. The number of hydrogen-bond acceptors (Lipinski definition) is 5. The first-order chi connectivity index (χ1) is 10.4. The number of ether oxygens (including phenoxy) is 3. The lowest BCUT2D eigenvalue weighted by Gasteiger charge is -2.26. The largest absolute Gasteiger partial charge is 0.492 e. The Morgan fingerprint density at radius 1 is 1.24 bits per heavy atom. The molecule has 1 heterocycles. The van der Waals surface area contributed by atoms with Gasteiger partial charge in [0.15, 0.2) is 0 Å². The summed E-state index contributed by atoms with van der Waals surface area (Å²) >= 11 is 0. The van der Waals surface area contributed by atoms with Gasteiger partial charge in [0, 0.05) is 39.8 Å². The summed E-state index contributed by atoms with van der Waals surface area (Å²) in [7, 11) is 1.71. The van der Waals surface area contributed by atoms with Crippen molar-refractivity contribution in [2.24, 2.45) is 0 Å². The van der Waals surface area contributed by atoms with Crippen LogP contribution in [0.4, 0.5) is 0 Å². The Kier molecular flexibility index (Phi) is 7.53. The van der Waals surface area contributed by atoms with Crippen molar-refractivity contribution in [1.29, 1.82) is 0 Å². The maximum absolute atomic E-state index is 5.84. The van der Waals surface area contributed by atoms with Gasteiger partial charge in [0.2, 0.25) is 0 Å². The maximum atomic E-state index is 5.84. The Hall–Kier alpha value is -1.14. The second kappa shape index (κ2) is 9.73. The van der Waals surface area contributed by atoms with Crippen LogP contribution in [0.15, 0.2) is 24.3 Å². The van der Waals surface area contributed by atoms with Gasteiger partial charge in [-0.3, -0.25) is 4.90 Å². The molecule has 5 heteroatoms. The molecule has 2 rings (SSSR count). The van der Waals surface area contributed by atoms with Gasteiger partial charge in [0.05, 0.1) is 19.8 Å². The van der Waals surface area contributed by atoms with E-state index in [0.29, 0.717) is 0 Å². The first-order valence-corrected chi connectivity index (χ1v) is 7.60. The molecule has 0 unspecified atom stereocenters. The maximum Gasteiger partial charge on any atom is 0.119 e. The fourth-order valence-electron chi connectivity index (χ4n) is 2.27. The van der Waals surface area contributed by atoms with Crippen molar-refractivity contribution in [2.75, 3.05) is 59.7 Å². The number of rotatable bonds is 9. The van der Waals surface area contributed by atoms with Crippen LogP contribution in [0, 0.1) is 0 Å². The minimum Gasteiger partial charge on any atom is -0.492 e. The van der Waals surface area contributed by atoms with Crippen LogP contribution >= 0.6 is 0 Å². The molecule has 0 amide bonds. The lowest BCUT2D eigenvalue weighted by atomic mass is 10.2. The number of hydrogen-bond donors (Lipinski definition) is 1. The third kappa shape index (κ3) is 6.44. The van der Waals surface area contributed by atoms with Gasteiger partial charge < -0.3 is 19.5 Å². The molecule has 1 fully saturated rings. The zero-order chi connectivity index (χ0) is 14.8. The first kappa shape index (κ1) is 16.2. The zero-order valence-corrected chi connectivity index (χ0v) is 12.8. The Balaban J connectivity index is 1.67. The Morgan fingerprint density at radius 3 is 2.90 bits per heavy atom. The van der Waals surface area contributed by atoms with Crippen molar-refractivity contribution in [3.8, 4) is 5.75 Å². The predicted octanol–water partition coefficient (Wildman–Crippen LogP) is 1.13. The van der Waals surface area contributed by atoms with Gasteiger partial charge in [0.25, 0.3) is 0 Å². The molecule has 0 aromatic heterocycles. The molecule has 0 saturated carbocycles. The molecule has 21 heavy (non-hydrogen) atoms. The normalized spacial score (nSPS) is 16.0. The Bertz CT molecular complexity index is 395. The Morgan fingerprint density at radius 2 is 2.10 bits per heavy atom. The van der Waals surface area contributed by atoms with E-state index in [9.17, 15) is 0 Å². The zero-order valence-electron chi connectivity index (χ0n) is 12.8. The molecule has 1 N–H and O–H groups in total. The van der Waals surface area contributed by atoms with E-state index in [2.05, 4.69) is 22.3 Å². The second-order valence-corrected chi connectivity index (χ2v) is 5.12. The Labute approximate surface area is 127 Å². The van der Waals surface area contributed by atoms with Crippen molar-refractivity contribution < 1.29 is 14.2 Å². The van der Waals surface area contributed by atoms with Crippen LogP contribution in [-0.2, 0) is 16.0 Å². The van der Waals surface area contributed by atoms with Crippen molar-refractivity contribution in [1.82, 2.24) is 10.2 Å². The van der Waals surface area contributed by atoms with Gasteiger partial charge in [-0.2, -0.15) is 0 Å². The van der Waals surface area contributed by atoms with Crippen LogP contribution in [0.2, 0.25) is 0 Å². The van der Waals surface area contributed by atoms with E-state index in [4.69, 9.17) is 14.2 Å². The van der Waals surface area contributed by atoms with E-state index < -0.39 is 0 Å². The van der Waals surface area contributed by atoms with Crippen molar-refractivity contribution in [3.63, 3.8) is 0 Å². The molecule has 1 saturated heterocycles. The monoisotopic (exact) mass is 294 g/mol. The molecule has 0 atom stereocenters. The van der Waals surface area contributed by atoms with E-state index in [-0.39, 0.29) is 0 Å². The summed E-state index contributed by atoms with van der Waals surface area (Å²) in [5.41, 5.74) is 1.23. The van der Waals surface area contributed by atoms with Gasteiger partial charge in [-0.05, 0) is 17.7 Å². The molecule has 1 aromatic rings. The highest BCUT2D eigenvalue weighted by atomic mass is 16.5. The standard InChI is InChI=1S/C16H26N2O3/c1-19-9-5-17-14-15-3-2-4-16(13-15)21-12-8-18-6-10-20-11-7-18/h2-4,13,17H,5-12,14H2,1H3. The molecule has 0 radical (unpaired) electrons. The number of nitrogens with zero attached hydrogens (tertiary/aromatic N) is 1. The predicted molar refractivity (Wildman–Crippen MR) is 82.8 cm³/mol. The quantitative estimate of drug-likeness (QED) is 0.692. The summed E-state index contributed by atoms with van der Waals surface area (Å²) in [6.45, 7) is 7.80. The second-order valence-electron chi connectivity index (χ2n) is 5.12. The fourth-order valence-corrected chi connectivity index (χ4v) is 2.27. The van der Waals surface area contributed by atoms with Gasteiger partial charge in [-0.25, -0.2) is 0 Å². The summed E-state index contributed by atoms with van der Waals surface area (Å²) in [6, 6.07) is 8.25. The van der Waals surface area contributed by atoms with Crippen LogP contribution < -0.4 is 10.1 Å². The molecule has 1 aromatic carbocycles. The number of morpholine rings is 1. The molecule has 0 bridgehead atoms. The van der Waals surface area contributed by atoms with E-state index in [1.807, 2.05) is 12.1 Å². The van der Waals surface area contributed by atoms with Gasteiger partial charge in [-0.1, -0.05) is 12.1 Å². The van der Waals surface area contributed by atoms with Crippen LogP contribution in [0.25, 0.3) is 0 Å². The lowest BCUT2D eigenvalue weighted by molar-refractivity contribution is 0.0322. The molecule has 5 nitrogen and oxygen atoms in total. The molecular weight excluding hydrogens is 268 g/mol. The minimum absolute atomic E-state index is 0.723. The van der Waals surface area contributed by atoms with E-state index in [1.54, 1.807) is 7.11 Å². The molecular formula is C16H26N2O3. The smallest absolute Gasteiger partial charge is 0.119 e. The summed E-state index contributed by atoms with van der Waals surface area (Å²) in [5.74, 6) is 0.939. The summed E-state index contributed by atoms with van der Waals surface area (Å²) in [5, 5.41) is 3.33. The number of methoxy groups -OCH3 is 1. The van der Waals surface area contributed by atoms with Crippen molar-refractivity contribution in [3.05, 3.63) is 29.8 Å². The topological polar surface area (TPSA) is 43.0 Å². The van der Waals surface area contributed by atoms with Crippen LogP contribution in [0.5, 0.6) is 5.75 Å². The highest BCUT2D eigenvalue weighted by Crippen LogP contribution is 2.13. The first-order valence-electron chi connectivity index (χ1n) is 7.60. The summed E-state index contributed by atoms with van der Waals surface area (Å²) < 4.78 is 16.2. The van der Waals surface area contributed by atoms with Crippen LogP contribution in [0.1, 0.15) is 5.56 Å². The summed E-state index contributed by atoms with van der Waals surface area (Å²) in [4.78, 5) is 2.37. The van der Waals surface area contributed by atoms with E-state index in [0.717, 1.165) is 64.9 Å². The fraction of sp³-hybridized carbons (Fsp3) is 0.625.